The molecule has 0 saturated heterocycles. The van der Waals surface area contributed by atoms with Crippen molar-refractivity contribution in [2.45, 2.75) is 26.7 Å². The molecule has 1 aromatic heterocycles. The van der Waals surface area contributed by atoms with Gasteiger partial charge in [0.25, 0.3) is 11.6 Å². The molecule has 7 nitrogen and oxygen atoms in total. The zero-order valence-electron chi connectivity index (χ0n) is 16.2. The third-order valence-electron chi connectivity index (χ3n) is 4.44. The first-order valence-electron chi connectivity index (χ1n) is 9.00. The number of esters is 1. The molecule has 29 heavy (non-hydrogen) atoms. The standard InChI is InChI=1S/C21H20N2O5S/c1-12(2)16-6-4-5-13(3)20(16)22-19(24)11-28-21(25)18-10-14-9-15(23(26)27)7-8-17(14)29-18/h4-10,12H,11H2,1-3H3,(H,22,24). The molecule has 3 rings (SSSR count). The Morgan fingerprint density at radius 1 is 1.21 bits per heavy atom. The van der Waals surface area contributed by atoms with Crippen LogP contribution in [0.15, 0.2) is 42.5 Å². The van der Waals surface area contributed by atoms with Gasteiger partial charge in [0.1, 0.15) is 4.88 Å². The fraction of sp³-hybridized carbons (Fsp3) is 0.238. The van der Waals surface area contributed by atoms with Gasteiger partial charge >= 0.3 is 5.97 Å². The molecule has 0 aliphatic carbocycles. The predicted molar refractivity (Wildman–Crippen MR) is 113 cm³/mol. The first-order chi connectivity index (χ1) is 13.8. The number of thiophene rings is 1. The molecule has 150 valence electrons. The summed E-state index contributed by atoms with van der Waals surface area (Å²) >= 11 is 1.16. The van der Waals surface area contributed by atoms with Gasteiger partial charge in [-0.2, -0.15) is 0 Å². The normalized spacial score (nSPS) is 10.9. The summed E-state index contributed by atoms with van der Waals surface area (Å²) in [6.45, 7) is 5.56. The zero-order valence-corrected chi connectivity index (χ0v) is 17.0. The smallest absolute Gasteiger partial charge is 0.348 e. The van der Waals surface area contributed by atoms with Gasteiger partial charge < -0.3 is 10.1 Å². The van der Waals surface area contributed by atoms with E-state index in [9.17, 15) is 19.7 Å². The predicted octanol–water partition coefficient (Wildman–Crippen LogP) is 5.04. The van der Waals surface area contributed by atoms with Gasteiger partial charge in [0.2, 0.25) is 0 Å². The lowest BCUT2D eigenvalue weighted by molar-refractivity contribution is -0.384. The van der Waals surface area contributed by atoms with Gasteiger partial charge in [-0.15, -0.1) is 11.3 Å². The van der Waals surface area contributed by atoms with Crippen molar-refractivity contribution in [1.29, 1.82) is 0 Å². The second-order valence-electron chi connectivity index (χ2n) is 6.91. The molecule has 0 aliphatic heterocycles. The van der Waals surface area contributed by atoms with E-state index in [0.717, 1.165) is 32.9 Å². The number of non-ortho nitro benzene ring substituents is 1. The average Bonchev–Trinajstić information content (AvgIpc) is 3.10. The SMILES string of the molecule is Cc1cccc(C(C)C)c1NC(=O)COC(=O)c1cc2cc([N+](=O)[O-])ccc2s1. The maximum Gasteiger partial charge on any atom is 0.348 e. The summed E-state index contributed by atoms with van der Waals surface area (Å²) in [5.74, 6) is -0.834. The molecular formula is C21H20N2O5S. The average molecular weight is 412 g/mol. The molecule has 0 saturated carbocycles. The van der Waals surface area contributed by atoms with Crippen molar-refractivity contribution < 1.29 is 19.2 Å². The van der Waals surface area contributed by atoms with Crippen LogP contribution in [-0.4, -0.2) is 23.4 Å². The molecule has 1 N–H and O–H groups in total. The maximum absolute atomic E-state index is 12.3. The fourth-order valence-corrected chi connectivity index (χ4v) is 3.90. The lowest BCUT2D eigenvalue weighted by Crippen LogP contribution is -2.22. The van der Waals surface area contributed by atoms with E-state index in [0.29, 0.717) is 5.39 Å². The van der Waals surface area contributed by atoms with E-state index in [2.05, 4.69) is 5.32 Å². The minimum absolute atomic E-state index is 0.0474. The molecule has 0 bridgehead atoms. The van der Waals surface area contributed by atoms with E-state index < -0.39 is 23.4 Å². The fourth-order valence-electron chi connectivity index (χ4n) is 2.96. The number of ether oxygens (including phenoxy) is 1. The lowest BCUT2D eigenvalue weighted by Gasteiger charge is -2.16. The first kappa shape index (κ1) is 20.5. The second-order valence-corrected chi connectivity index (χ2v) is 7.99. The summed E-state index contributed by atoms with van der Waals surface area (Å²) in [4.78, 5) is 35.3. The molecule has 0 unspecified atom stereocenters. The molecule has 0 atom stereocenters. The lowest BCUT2D eigenvalue weighted by atomic mass is 9.98. The maximum atomic E-state index is 12.3. The highest BCUT2D eigenvalue weighted by atomic mass is 32.1. The number of nitro groups is 1. The van der Waals surface area contributed by atoms with E-state index in [1.54, 1.807) is 6.07 Å². The van der Waals surface area contributed by atoms with Crippen LogP contribution in [0.3, 0.4) is 0 Å². The summed E-state index contributed by atoms with van der Waals surface area (Å²) in [6, 6.07) is 11.7. The van der Waals surface area contributed by atoms with Crippen molar-refractivity contribution in [3.8, 4) is 0 Å². The molecule has 0 spiro atoms. The molecule has 0 fully saturated rings. The number of hydrogen-bond donors (Lipinski definition) is 1. The van der Waals surface area contributed by atoms with Crippen LogP contribution in [0.4, 0.5) is 11.4 Å². The van der Waals surface area contributed by atoms with Gasteiger partial charge in [-0.05, 0) is 36.1 Å². The number of carbonyl (C=O) groups excluding carboxylic acids is 2. The van der Waals surface area contributed by atoms with Gasteiger partial charge in [0.05, 0.1) is 4.92 Å². The molecule has 2 aromatic carbocycles. The number of para-hydroxylation sites is 1. The van der Waals surface area contributed by atoms with Crippen LogP contribution in [-0.2, 0) is 9.53 Å². The molecule has 1 amide bonds. The number of anilines is 1. The largest absolute Gasteiger partial charge is 0.451 e. The summed E-state index contributed by atoms with van der Waals surface area (Å²) in [7, 11) is 0. The quantitative estimate of drug-likeness (QED) is 0.347. The Morgan fingerprint density at radius 3 is 2.66 bits per heavy atom. The minimum Gasteiger partial charge on any atom is -0.451 e. The third-order valence-corrected chi connectivity index (χ3v) is 5.53. The Balaban J connectivity index is 1.67. The van der Waals surface area contributed by atoms with Crippen LogP contribution in [0.5, 0.6) is 0 Å². The van der Waals surface area contributed by atoms with Crippen LogP contribution >= 0.6 is 11.3 Å². The van der Waals surface area contributed by atoms with Crippen molar-refractivity contribution >= 4 is 44.7 Å². The van der Waals surface area contributed by atoms with E-state index in [4.69, 9.17) is 4.74 Å². The topological polar surface area (TPSA) is 98.5 Å². The van der Waals surface area contributed by atoms with E-state index >= 15 is 0 Å². The van der Waals surface area contributed by atoms with Crippen molar-refractivity contribution in [3.63, 3.8) is 0 Å². The zero-order chi connectivity index (χ0) is 21.1. The summed E-state index contributed by atoms with van der Waals surface area (Å²) in [6.07, 6.45) is 0. The Hall–Kier alpha value is -3.26. The van der Waals surface area contributed by atoms with Gasteiger partial charge in [-0.1, -0.05) is 32.0 Å². The van der Waals surface area contributed by atoms with Crippen LogP contribution in [0, 0.1) is 17.0 Å². The second kappa shape index (κ2) is 8.40. The Labute approximate surface area is 171 Å². The number of rotatable bonds is 6. The number of nitrogens with zero attached hydrogens (tertiary/aromatic N) is 1. The molecule has 0 radical (unpaired) electrons. The summed E-state index contributed by atoms with van der Waals surface area (Å²) in [5.41, 5.74) is 2.63. The van der Waals surface area contributed by atoms with Crippen LogP contribution in [0.1, 0.15) is 40.6 Å². The van der Waals surface area contributed by atoms with Crippen LogP contribution in [0.2, 0.25) is 0 Å². The highest BCUT2D eigenvalue weighted by Gasteiger charge is 2.17. The number of hydrogen-bond acceptors (Lipinski definition) is 6. The summed E-state index contributed by atoms with van der Waals surface area (Å²) < 4.78 is 5.87. The van der Waals surface area contributed by atoms with E-state index in [1.807, 2.05) is 39.0 Å². The van der Waals surface area contributed by atoms with Crippen molar-refractivity contribution in [1.82, 2.24) is 0 Å². The number of carbonyl (C=O) groups is 2. The number of fused-ring (bicyclic) bond motifs is 1. The van der Waals surface area contributed by atoms with Gasteiger partial charge in [0.15, 0.2) is 6.61 Å². The van der Waals surface area contributed by atoms with Gasteiger partial charge in [0, 0.05) is 27.9 Å². The minimum atomic E-state index is -0.641. The summed E-state index contributed by atoms with van der Waals surface area (Å²) in [5, 5.41) is 14.3. The van der Waals surface area contributed by atoms with Crippen LogP contribution < -0.4 is 5.32 Å². The molecule has 3 aromatic rings. The van der Waals surface area contributed by atoms with Crippen molar-refractivity contribution in [2.75, 3.05) is 11.9 Å². The van der Waals surface area contributed by atoms with Gasteiger partial charge in [-0.25, -0.2) is 4.79 Å². The van der Waals surface area contributed by atoms with Crippen molar-refractivity contribution in [2.24, 2.45) is 0 Å². The molecule has 1 heterocycles. The van der Waals surface area contributed by atoms with E-state index in [1.165, 1.54) is 18.2 Å². The first-order valence-corrected chi connectivity index (χ1v) is 9.82. The molecule has 0 aliphatic rings. The number of amides is 1. The molecule has 8 heteroatoms. The van der Waals surface area contributed by atoms with E-state index in [-0.39, 0.29) is 16.5 Å². The Morgan fingerprint density at radius 2 is 1.97 bits per heavy atom. The number of benzene rings is 2. The Kier molecular flexibility index (Phi) is 5.93. The monoisotopic (exact) mass is 412 g/mol. The number of nitro benzene ring substituents is 1. The Bertz CT molecular complexity index is 1100. The molecular weight excluding hydrogens is 392 g/mol. The highest BCUT2D eigenvalue weighted by Crippen LogP contribution is 2.30. The third kappa shape index (κ3) is 4.60. The van der Waals surface area contributed by atoms with Gasteiger partial charge in [-0.3, -0.25) is 14.9 Å². The number of nitrogens with one attached hydrogen (secondary N) is 1. The highest BCUT2D eigenvalue weighted by molar-refractivity contribution is 7.20. The number of aryl methyl sites for hydroxylation is 1. The van der Waals surface area contributed by atoms with Crippen LogP contribution in [0.25, 0.3) is 10.1 Å². The van der Waals surface area contributed by atoms with Crippen molar-refractivity contribution in [3.05, 3.63) is 68.6 Å².